The summed E-state index contributed by atoms with van der Waals surface area (Å²) in [5.41, 5.74) is 4.05. The van der Waals surface area contributed by atoms with Crippen LogP contribution in [0.2, 0.25) is 0 Å². The summed E-state index contributed by atoms with van der Waals surface area (Å²) in [5, 5.41) is 21.4. The number of hydrogen-bond donors (Lipinski definition) is 2. The van der Waals surface area contributed by atoms with Crippen LogP contribution in [0.3, 0.4) is 0 Å². The van der Waals surface area contributed by atoms with Gasteiger partial charge in [0.1, 0.15) is 11.5 Å². The van der Waals surface area contributed by atoms with Crippen LogP contribution < -0.4 is 0 Å². The SMILES string of the molecule is C=C(C)[C@@H]1SCCC(C)=C[C@H]1c1c(O)cc(CCCCC)cc1O. The van der Waals surface area contributed by atoms with Crippen molar-refractivity contribution in [3.8, 4) is 11.5 Å². The van der Waals surface area contributed by atoms with Crippen molar-refractivity contribution in [3.05, 3.63) is 47.1 Å². The first-order chi connectivity index (χ1) is 11.4. The molecule has 0 aliphatic carbocycles. The summed E-state index contributed by atoms with van der Waals surface area (Å²) in [5.74, 6) is 1.45. The van der Waals surface area contributed by atoms with E-state index in [0.29, 0.717) is 5.56 Å². The highest BCUT2D eigenvalue weighted by Gasteiger charge is 2.29. The van der Waals surface area contributed by atoms with Crippen LogP contribution >= 0.6 is 11.8 Å². The van der Waals surface area contributed by atoms with E-state index in [9.17, 15) is 10.2 Å². The number of aryl methyl sites for hydroxylation is 1. The summed E-state index contributed by atoms with van der Waals surface area (Å²) in [6.07, 6.45) is 7.56. The van der Waals surface area contributed by atoms with Crippen molar-refractivity contribution in [2.45, 2.75) is 64.0 Å². The minimum Gasteiger partial charge on any atom is -0.507 e. The lowest BCUT2D eigenvalue weighted by Crippen LogP contribution is -2.15. The second kappa shape index (κ2) is 8.66. The molecule has 0 saturated carbocycles. The molecule has 132 valence electrons. The van der Waals surface area contributed by atoms with Crippen LogP contribution in [-0.2, 0) is 6.42 Å². The number of hydrogen-bond acceptors (Lipinski definition) is 3. The predicted octanol–water partition coefficient (Wildman–Crippen LogP) is 5.94. The predicted molar refractivity (Wildman–Crippen MR) is 105 cm³/mol. The highest BCUT2D eigenvalue weighted by molar-refractivity contribution is 8.00. The lowest BCUT2D eigenvalue weighted by molar-refractivity contribution is 0.432. The van der Waals surface area contributed by atoms with Crippen LogP contribution in [-0.4, -0.2) is 21.2 Å². The van der Waals surface area contributed by atoms with Crippen molar-refractivity contribution in [2.75, 3.05) is 5.75 Å². The van der Waals surface area contributed by atoms with Gasteiger partial charge in [0, 0.05) is 16.7 Å². The molecule has 0 bridgehead atoms. The van der Waals surface area contributed by atoms with Gasteiger partial charge in [-0.15, -0.1) is 0 Å². The van der Waals surface area contributed by atoms with Crippen molar-refractivity contribution in [3.63, 3.8) is 0 Å². The number of thioether (sulfide) groups is 1. The Kier molecular flexibility index (Phi) is 6.85. The summed E-state index contributed by atoms with van der Waals surface area (Å²) in [6.45, 7) is 10.5. The van der Waals surface area contributed by atoms with Gasteiger partial charge in [0.2, 0.25) is 0 Å². The molecule has 0 spiro atoms. The van der Waals surface area contributed by atoms with Gasteiger partial charge in [-0.1, -0.05) is 43.6 Å². The first-order valence-electron chi connectivity index (χ1n) is 8.93. The lowest BCUT2D eigenvalue weighted by Gasteiger charge is -2.25. The van der Waals surface area contributed by atoms with Crippen LogP contribution in [0, 0.1) is 0 Å². The van der Waals surface area contributed by atoms with Crippen molar-refractivity contribution >= 4 is 11.8 Å². The highest BCUT2D eigenvalue weighted by Crippen LogP contribution is 2.45. The fourth-order valence-corrected chi connectivity index (χ4v) is 4.76. The number of aromatic hydroxyl groups is 2. The number of phenolic OH excluding ortho intramolecular Hbond substituents is 2. The second-order valence-electron chi connectivity index (χ2n) is 6.93. The molecule has 2 atom stereocenters. The zero-order valence-corrected chi connectivity index (χ0v) is 16.0. The number of phenols is 2. The Balaban J connectivity index is 2.37. The first kappa shape index (κ1) is 19.0. The molecule has 1 aliphatic heterocycles. The summed E-state index contributed by atoms with van der Waals surface area (Å²) in [6, 6.07) is 3.66. The molecular formula is C21H30O2S. The third-order valence-corrected chi connectivity index (χ3v) is 6.16. The fourth-order valence-electron chi connectivity index (χ4n) is 3.36. The van der Waals surface area contributed by atoms with Gasteiger partial charge in [-0.05, 0) is 56.6 Å². The van der Waals surface area contributed by atoms with Crippen LogP contribution in [0.25, 0.3) is 0 Å². The molecule has 1 aromatic carbocycles. The van der Waals surface area contributed by atoms with E-state index >= 15 is 0 Å². The summed E-state index contributed by atoms with van der Waals surface area (Å²) in [7, 11) is 0. The van der Waals surface area contributed by atoms with E-state index < -0.39 is 0 Å². The molecule has 3 heteroatoms. The Labute approximate surface area is 150 Å². The summed E-state index contributed by atoms with van der Waals surface area (Å²) >= 11 is 1.86. The van der Waals surface area contributed by atoms with Crippen LogP contribution in [0.15, 0.2) is 35.9 Å². The number of benzene rings is 1. The molecule has 0 fully saturated rings. The molecule has 0 radical (unpaired) electrons. The lowest BCUT2D eigenvalue weighted by atomic mass is 9.87. The molecule has 0 saturated heterocycles. The van der Waals surface area contributed by atoms with Crippen LogP contribution in [0.5, 0.6) is 11.5 Å². The minimum absolute atomic E-state index is 0.0281. The Morgan fingerprint density at radius 3 is 2.50 bits per heavy atom. The van der Waals surface area contributed by atoms with Crippen LogP contribution in [0.1, 0.15) is 63.5 Å². The zero-order chi connectivity index (χ0) is 17.7. The smallest absolute Gasteiger partial charge is 0.123 e. The molecule has 2 N–H and O–H groups in total. The van der Waals surface area contributed by atoms with Crippen molar-refractivity contribution in [1.82, 2.24) is 0 Å². The van der Waals surface area contributed by atoms with Gasteiger partial charge in [-0.3, -0.25) is 0 Å². The first-order valence-corrected chi connectivity index (χ1v) is 9.98. The van der Waals surface area contributed by atoms with E-state index in [1.165, 1.54) is 18.4 Å². The van der Waals surface area contributed by atoms with Crippen molar-refractivity contribution in [1.29, 1.82) is 0 Å². The summed E-state index contributed by atoms with van der Waals surface area (Å²) in [4.78, 5) is 0. The fraction of sp³-hybridized carbons (Fsp3) is 0.524. The zero-order valence-electron chi connectivity index (χ0n) is 15.1. The maximum Gasteiger partial charge on any atom is 0.123 e. The average Bonchev–Trinajstić information content (AvgIpc) is 2.68. The molecular weight excluding hydrogens is 316 g/mol. The van der Waals surface area contributed by atoms with Gasteiger partial charge in [0.15, 0.2) is 0 Å². The molecule has 1 aliphatic rings. The van der Waals surface area contributed by atoms with Gasteiger partial charge in [0.25, 0.3) is 0 Å². The van der Waals surface area contributed by atoms with Gasteiger partial charge >= 0.3 is 0 Å². The largest absolute Gasteiger partial charge is 0.507 e. The Bertz CT molecular complexity index is 595. The normalized spacial score (nSPS) is 21.2. The molecule has 1 aromatic rings. The van der Waals surface area contributed by atoms with Crippen molar-refractivity contribution < 1.29 is 10.2 Å². The maximum atomic E-state index is 10.6. The highest BCUT2D eigenvalue weighted by atomic mass is 32.2. The number of unbranched alkanes of at least 4 members (excludes halogenated alkanes) is 2. The maximum absolute atomic E-state index is 10.6. The van der Waals surface area contributed by atoms with Crippen molar-refractivity contribution in [2.24, 2.45) is 0 Å². The van der Waals surface area contributed by atoms with Gasteiger partial charge in [-0.25, -0.2) is 0 Å². The summed E-state index contributed by atoms with van der Waals surface area (Å²) < 4.78 is 0. The third kappa shape index (κ3) is 4.60. The third-order valence-electron chi connectivity index (χ3n) is 4.67. The number of rotatable bonds is 6. The topological polar surface area (TPSA) is 40.5 Å². The van der Waals surface area contributed by atoms with E-state index in [4.69, 9.17) is 0 Å². The Hall–Kier alpha value is -1.35. The molecule has 24 heavy (non-hydrogen) atoms. The van der Waals surface area contributed by atoms with Crippen LogP contribution in [0.4, 0.5) is 0 Å². The molecule has 2 rings (SSSR count). The molecule has 1 heterocycles. The Morgan fingerprint density at radius 2 is 1.92 bits per heavy atom. The van der Waals surface area contributed by atoms with E-state index in [-0.39, 0.29) is 22.7 Å². The monoisotopic (exact) mass is 346 g/mol. The molecule has 2 nitrogen and oxygen atoms in total. The minimum atomic E-state index is -0.0281. The molecule has 0 amide bonds. The van der Waals surface area contributed by atoms with Gasteiger partial charge < -0.3 is 10.2 Å². The number of allylic oxidation sites excluding steroid dienone is 2. The van der Waals surface area contributed by atoms with E-state index in [1.807, 2.05) is 30.8 Å². The van der Waals surface area contributed by atoms with E-state index in [1.54, 1.807) is 0 Å². The Morgan fingerprint density at radius 1 is 1.25 bits per heavy atom. The van der Waals surface area contributed by atoms with E-state index in [2.05, 4.69) is 26.5 Å². The standard InChI is InChI=1S/C21H30O2S/c1-5-6-7-8-16-12-18(22)20(19(23)13-16)17-11-15(4)9-10-24-21(17)14(2)3/h11-13,17,21-23H,2,5-10H2,1,3-4H3/t17-,21-/m0/s1. The van der Waals surface area contributed by atoms with Gasteiger partial charge in [-0.2, -0.15) is 11.8 Å². The molecule has 0 unspecified atom stereocenters. The quantitative estimate of drug-likeness (QED) is 0.494. The second-order valence-corrected chi connectivity index (χ2v) is 8.18. The average molecular weight is 347 g/mol. The van der Waals surface area contributed by atoms with E-state index in [0.717, 1.165) is 36.2 Å². The van der Waals surface area contributed by atoms with Gasteiger partial charge in [0.05, 0.1) is 0 Å². The molecule has 0 aromatic heterocycles.